The molecular weight excluding hydrogens is 292 g/mol. The molecule has 122 valence electrons. The number of aromatic nitrogens is 5. The van der Waals surface area contributed by atoms with Crippen LogP contribution in [0.15, 0.2) is 24.8 Å². The molecule has 7 nitrogen and oxygen atoms in total. The largest absolute Gasteiger partial charge is 0.342 e. The summed E-state index contributed by atoms with van der Waals surface area (Å²) in [4.78, 5) is 19.0. The molecule has 2 aromatic rings. The number of piperidine rings is 1. The first kappa shape index (κ1) is 14.4. The topological polar surface area (TPSA) is 68.8 Å². The molecular formula is C16H22N6O. The van der Waals surface area contributed by atoms with Gasteiger partial charge >= 0.3 is 0 Å². The Hall–Kier alpha value is -2.18. The van der Waals surface area contributed by atoms with Crippen molar-refractivity contribution in [2.24, 2.45) is 11.8 Å². The number of amides is 1. The highest BCUT2D eigenvalue weighted by Gasteiger charge is 2.31. The normalized spacial score (nSPS) is 22.1. The second-order valence-electron chi connectivity index (χ2n) is 6.59. The third kappa shape index (κ3) is 3.00. The third-order valence-electron chi connectivity index (χ3n) is 5.09. The lowest BCUT2D eigenvalue weighted by atomic mass is 9.93. The fraction of sp³-hybridized carbons (Fsp3) is 0.625. The molecule has 0 spiro atoms. The summed E-state index contributed by atoms with van der Waals surface area (Å²) in [5.74, 6) is 1.98. The van der Waals surface area contributed by atoms with Gasteiger partial charge in [0, 0.05) is 38.4 Å². The summed E-state index contributed by atoms with van der Waals surface area (Å²) < 4.78 is 3.88. The molecule has 1 fully saturated rings. The number of hydrogen-bond donors (Lipinski definition) is 0. The van der Waals surface area contributed by atoms with E-state index >= 15 is 0 Å². The highest BCUT2D eigenvalue weighted by Crippen LogP contribution is 2.24. The molecule has 0 saturated carbocycles. The number of aryl methyl sites for hydroxylation is 1. The van der Waals surface area contributed by atoms with Gasteiger partial charge in [0.15, 0.2) is 0 Å². The summed E-state index contributed by atoms with van der Waals surface area (Å²) in [6.07, 6.45) is 9.29. The first-order valence-corrected chi connectivity index (χ1v) is 8.42. The maximum Gasteiger partial charge on any atom is 0.227 e. The van der Waals surface area contributed by atoms with Gasteiger partial charge in [-0.25, -0.2) is 9.67 Å². The van der Waals surface area contributed by atoms with E-state index in [4.69, 9.17) is 0 Å². The zero-order valence-corrected chi connectivity index (χ0v) is 13.2. The third-order valence-corrected chi connectivity index (χ3v) is 5.09. The molecule has 1 unspecified atom stereocenters. The van der Waals surface area contributed by atoms with Crippen molar-refractivity contribution in [2.75, 3.05) is 13.1 Å². The quantitative estimate of drug-likeness (QED) is 0.847. The Morgan fingerprint density at radius 1 is 1.22 bits per heavy atom. The molecule has 1 atom stereocenters. The number of nitrogens with zero attached hydrogens (tertiary/aromatic N) is 6. The van der Waals surface area contributed by atoms with E-state index in [1.54, 1.807) is 6.33 Å². The van der Waals surface area contributed by atoms with Crippen LogP contribution in [0.3, 0.4) is 0 Å². The zero-order valence-electron chi connectivity index (χ0n) is 13.2. The van der Waals surface area contributed by atoms with Gasteiger partial charge in [-0.1, -0.05) is 0 Å². The molecule has 23 heavy (non-hydrogen) atoms. The Labute approximate surface area is 135 Å². The van der Waals surface area contributed by atoms with E-state index in [9.17, 15) is 4.79 Å². The maximum absolute atomic E-state index is 12.8. The lowest BCUT2D eigenvalue weighted by Crippen LogP contribution is -2.44. The highest BCUT2D eigenvalue weighted by atomic mass is 16.2. The Bertz CT molecular complexity index is 656. The van der Waals surface area contributed by atoms with E-state index in [-0.39, 0.29) is 5.92 Å². The van der Waals surface area contributed by atoms with Crippen LogP contribution in [0, 0.1) is 11.8 Å². The first-order valence-electron chi connectivity index (χ1n) is 8.42. The minimum Gasteiger partial charge on any atom is -0.342 e. The van der Waals surface area contributed by atoms with Gasteiger partial charge in [-0.05, 0) is 31.2 Å². The average molecular weight is 314 g/mol. The van der Waals surface area contributed by atoms with Crippen molar-refractivity contribution >= 4 is 5.91 Å². The standard InChI is InChI=1S/C16H22N6O/c23-16(14-2-3-15-17-12-19-22(15)11-14)20-8-4-13(5-9-20)10-21-7-1-6-18-21/h1,6-7,12-14H,2-5,8-11H2. The molecule has 1 saturated heterocycles. The Balaban J connectivity index is 1.31. The van der Waals surface area contributed by atoms with Crippen LogP contribution in [-0.4, -0.2) is 48.4 Å². The molecule has 2 aromatic heterocycles. The van der Waals surface area contributed by atoms with Crippen LogP contribution in [0.5, 0.6) is 0 Å². The molecule has 2 aliphatic rings. The molecule has 1 amide bonds. The Morgan fingerprint density at radius 2 is 2.09 bits per heavy atom. The van der Waals surface area contributed by atoms with Crippen molar-refractivity contribution in [1.29, 1.82) is 0 Å². The maximum atomic E-state index is 12.8. The number of rotatable bonds is 3. The number of carbonyl (C=O) groups is 1. The van der Waals surface area contributed by atoms with Crippen LogP contribution < -0.4 is 0 Å². The lowest BCUT2D eigenvalue weighted by molar-refractivity contribution is -0.138. The van der Waals surface area contributed by atoms with Crippen molar-refractivity contribution in [3.63, 3.8) is 0 Å². The lowest BCUT2D eigenvalue weighted by Gasteiger charge is -2.35. The molecule has 4 rings (SSSR count). The molecule has 7 heteroatoms. The van der Waals surface area contributed by atoms with Crippen LogP contribution in [0.1, 0.15) is 25.1 Å². The van der Waals surface area contributed by atoms with Gasteiger partial charge in [0.25, 0.3) is 0 Å². The number of hydrogen-bond acceptors (Lipinski definition) is 4. The Kier molecular flexibility index (Phi) is 3.85. The van der Waals surface area contributed by atoms with Crippen molar-refractivity contribution in [1.82, 2.24) is 29.4 Å². The van der Waals surface area contributed by atoms with Crippen LogP contribution in [0.4, 0.5) is 0 Å². The molecule has 0 aliphatic carbocycles. The van der Waals surface area contributed by atoms with Gasteiger partial charge < -0.3 is 4.90 Å². The van der Waals surface area contributed by atoms with E-state index in [2.05, 4.69) is 15.2 Å². The molecule has 0 radical (unpaired) electrons. The van der Waals surface area contributed by atoms with Crippen molar-refractivity contribution < 1.29 is 4.79 Å². The van der Waals surface area contributed by atoms with Crippen LogP contribution in [0.25, 0.3) is 0 Å². The van der Waals surface area contributed by atoms with Crippen LogP contribution >= 0.6 is 0 Å². The van der Waals surface area contributed by atoms with E-state index in [1.165, 1.54) is 0 Å². The van der Waals surface area contributed by atoms with Gasteiger partial charge in [-0.15, -0.1) is 0 Å². The van der Waals surface area contributed by atoms with Gasteiger partial charge in [0.2, 0.25) is 5.91 Å². The molecule has 0 aromatic carbocycles. The van der Waals surface area contributed by atoms with E-state index in [1.807, 2.05) is 32.7 Å². The summed E-state index contributed by atoms with van der Waals surface area (Å²) in [7, 11) is 0. The van der Waals surface area contributed by atoms with E-state index in [0.29, 0.717) is 18.4 Å². The summed E-state index contributed by atoms with van der Waals surface area (Å²) in [6, 6.07) is 1.96. The fourth-order valence-corrected chi connectivity index (χ4v) is 3.71. The van der Waals surface area contributed by atoms with E-state index < -0.39 is 0 Å². The molecule has 4 heterocycles. The van der Waals surface area contributed by atoms with Gasteiger partial charge in [0.1, 0.15) is 12.2 Å². The predicted octanol–water partition coefficient (Wildman–Crippen LogP) is 0.976. The van der Waals surface area contributed by atoms with Gasteiger partial charge in [-0.2, -0.15) is 10.2 Å². The Morgan fingerprint density at radius 3 is 2.87 bits per heavy atom. The van der Waals surface area contributed by atoms with E-state index in [0.717, 1.165) is 51.1 Å². The number of fused-ring (bicyclic) bond motifs is 1. The van der Waals surface area contributed by atoms with Gasteiger partial charge in [0.05, 0.1) is 12.5 Å². The average Bonchev–Trinajstić information content (AvgIpc) is 3.25. The van der Waals surface area contributed by atoms with Crippen LogP contribution in [0.2, 0.25) is 0 Å². The minimum atomic E-state index is 0.0619. The summed E-state index contributed by atoms with van der Waals surface area (Å²) in [6.45, 7) is 3.37. The predicted molar refractivity (Wildman–Crippen MR) is 83.4 cm³/mol. The van der Waals surface area contributed by atoms with Crippen molar-refractivity contribution in [3.8, 4) is 0 Å². The minimum absolute atomic E-state index is 0.0619. The fourth-order valence-electron chi connectivity index (χ4n) is 3.71. The van der Waals surface area contributed by atoms with Crippen molar-refractivity contribution in [2.45, 2.75) is 38.8 Å². The first-order chi connectivity index (χ1) is 11.3. The summed E-state index contributed by atoms with van der Waals surface area (Å²) >= 11 is 0. The SMILES string of the molecule is O=C(C1CCc2ncnn2C1)N1CCC(Cn2cccn2)CC1. The van der Waals surface area contributed by atoms with Gasteiger partial charge in [-0.3, -0.25) is 9.48 Å². The second kappa shape index (κ2) is 6.14. The second-order valence-corrected chi connectivity index (χ2v) is 6.59. The molecule has 0 bridgehead atoms. The van der Waals surface area contributed by atoms with Crippen LogP contribution in [-0.2, 0) is 24.3 Å². The highest BCUT2D eigenvalue weighted by molar-refractivity contribution is 5.79. The summed E-state index contributed by atoms with van der Waals surface area (Å²) in [5, 5.41) is 8.49. The van der Waals surface area contributed by atoms with Crippen molar-refractivity contribution in [3.05, 3.63) is 30.6 Å². The summed E-state index contributed by atoms with van der Waals surface area (Å²) in [5.41, 5.74) is 0. The molecule has 2 aliphatic heterocycles. The molecule has 0 N–H and O–H groups in total. The zero-order chi connectivity index (χ0) is 15.6. The smallest absolute Gasteiger partial charge is 0.227 e. The number of carbonyl (C=O) groups excluding carboxylic acids is 1. The monoisotopic (exact) mass is 314 g/mol. The number of likely N-dealkylation sites (tertiary alicyclic amines) is 1.